The van der Waals surface area contributed by atoms with E-state index < -0.39 is 65.7 Å². The zero-order chi connectivity index (χ0) is 28.3. The highest BCUT2D eigenvalue weighted by atomic mass is 16.6. The van der Waals surface area contributed by atoms with E-state index in [0.717, 1.165) is 9.80 Å². The molecule has 0 unspecified atom stereocenters. The summed E-state index contributed by atoms with van der Waals surface area (Å²) < 4.78 is 10.4. The van der Waals surface area contributed by atoms with Crippen LogP contribution in [0.4, 0.5) is 4.79 Å². The molecule has 11 nitrogen and oxygen atoms in total. The third-order valence-corrected chi connectivity index (χ3v) is 6.05. The highest BCUT2D eigenvalue weighted by molar-refractivity contribution is 6.09. The van der Waals surface area contributed by atoms with Gasteiger partial charge in [-0.3, -0.25) is 29.0 Å². The number of amides is 5. The van der Waals surface area contributed by atoms with Gasteiger partial charge in [-0.05, 0) is 19.8 Å². The van der Waals surface area contributed by atoms with E-state index in [1.807, 2.05) is 0 Å². The van der Waals surface area contributed by atoms with Crippen LogP contribution in [0.1, 0.15) is 47.5 Å². The van der Waals surface area contributed by atoms with Gasteiger partial charge in [0.05, 0.1) is 19.6 Å². The molecule has 2 saturated heterocycles. The summed E-state index contributed by atoms with van der Waals surface area (Å²) in [7, 11) is 0. The number of imide groups is 2. The van der Waals surface area contributed by atoms with E-state index in [4.69, 9.17) is 9.47 Å². The van der Waals surface area contributed by atoms with Crippen molar-refractivity contribution in [1.29, 1.82) is 0 Å². The van der Waals surface area contributed by atoms with Crippen LogP contribution in [-0.2, 0) is 33.4 Å². The zero-order valence-corrected chi connectivity index (χ0v) is 22.1. The number of alkyl carbamates (subject to hydrolysis) is 1. The Hall–Kier alpha value is -3.76. The molecule has 0 bridgehead atoms. The normalized spacial score (nSPS) is 19.3. The van der Waals surface area contributed by atoms with Crippen LogP contribution in [-0.4, -0.2) is 77.8 Å². The predicted octanol–water partition coefficient (Wildman–Crippen LogP) is 1.88. The maximum absolute atomic E-state index is 13.0. The maximum Gasteiger partial charge on any atom is 0.407 e. The first-order valence-electron chi connectivity index (χ1n) is 11.8. The molecular formula is C26H35N3O8. The Balaban J connectivity index is 2.23. The molecule has 0 radical (unpaired) electrons. The maximum atomic E-state index is 13.0. The van der Waals surface area contributed by atoms with E-state index in [0.29, 0.717) is 0 Å². The van der Waals surface area contributed by atoms with Crippen molar-refractivity contribution < 1.29 is 38.2 Å². The summed E-state index contributed by atoms with van der Waals surface area (Å²) in [5, 5.41) is 2.40. The third kappa shape index (κ3) is 6.93. The first-order valence-corrected chi connectivity index (χ1v) is 11.8. The Morgan fingerprint density at radius 2 is 1.35 bits per heavy atom. The number of hydrogen-bond donors (Lipinski definition) is 1. The summed E-state index contributed by atoms with van der Waals surface area (Å²) in [6, 6.07) is 0. The lowest BCUT2D eigenvalue weighted by molar-refractivity contribution is -0.156. The molecule has 0 spiro atoms. The number of rotatable bonds is 9. The molecule has 0 saturated carbocycles. The van der Waals surface area contributed by atoms with E-state index >= 15 is 0 Å². The Morgan fingerprint density at radius 1 is 0.919 bits per heavy atom. The number of nitrogens with zero attached hydrogens (tertiary/aromatic N) is 2. The van der Waals surface area contributed by atoms with Crippen LogP contribution in [0, 0.1) is 10.8 Å². The fraction of sp³-hybridized carbons (Fsp3) is 0.538. The number of carbonyl (C=O) groups excluding carboxylic acids is 6. The van der Waals surface area contributed by atoms with E-state index in [1.54, 1.807) is 27.7 Å². The Kier molecular flexibility index (Phi) is 8.84. The van der Waals surface area contributed by atoms with Crippen molar-refractivity contribution in [2.75, 3.05) is 26.2 Å². The molecule has 37 heavy (non-hydrogen) atoms. The van der Waals surface area contributed by atoms with Crippen molar-refractivity contribution in [3.8, 4) is 0 Å². The van der Waals surface area contributed by atoms with Gasteiger partial charge in [0.25, 0.3) is 11.8 Å². The van der Waals surface area contributed by atoms with Crippen molar-refractivity contribution in [3.63, 3.8) is 0 Å². The van der Waals surface area contributed by atoms with Crippen LogP contribution < -0.4 is 5.32 Å². The number of hydrogen-bond acceptors (Lipinski definition) is 8. The highest BCUT2D eigenvalue weighted by Gasteiger charge is 2.46. The number of ether oxygens (including phenoxy) is 2. The van der Waals surface area contributed by atoms with Gasteiger partial charge in [-0.15, -0.1) is 0 Å². The van der Waals surface area contributed by atoms with Crippen molar-refractivity contribution in [3.05, 3.63) is 36.5 Å². The second kappa shape index (κ2) is 11.1. The Labute approximate surface area is 216 Å². The monoisotopic (exact) mass is 517 g/mol. The van der Waals surface area contributed by atoms with E-state index in [2.05, 4.69) is 25.1 Å². The first kappa shape index (κ1) is 29.5. The number of esters is 1. The van der Waals surface area contributed by atoms with Crippen LogP contribution in [0.25, 0.3) is 0 Å². The van der Waals surface area contributed by atoms with Crippen LogP contribution >= 0.6 is 0 Å². The second-order valence-corrected chi connectivity index (χ2v) is 10.6. The van der Waals surface area contributed by atoms with E-state index in [-0.39, 0.29) is 42.7 Å². The quantitative estimate of drug-likeness (QED) is 0.212. The number of piperidine rings is 2. The number of carbonyl (C=O) groups is 6. The molecule has 5 amide bonds. The standard InChI is InChI=1S/C26H35N3O8/c1-15(2)21(32)36-10-9-27-24(35)37-18(13-28-19(30)16(3)11-25(5,6)22(28)33)14-29-20(31)17(4)12-26(7,8)23(29)34/h18H,1,3-4,9-14H2,2,5-8H3,(H,27,35). The van der Waals surface area contributed by atoms with Crippen LogP contribution in [0.5, 0.6) is 0 Å². The molecular weight excluding hydrogens is 482 g/mol. The SMILES string of the molecule is C=C(C)C(=O)OCCNC(=O)OC(CN1C(=O)C(=C)CC(C)(C)C1=O)CN1C(=O)C(=C)CC(C)(C)C1=O. The van der Waals surface area contributed by atoms with Crippen molar-refractivity contribution in [2.45, 2.75) is 53.6 Å². The minimum absolute atomic E-state index is 0.0958. The summed E-state index contributed by atoms with van der Waals surface area (Å²) in [6.45, 7) is 18.0. The summed E-state index contributed by atoms with van der Waals surface area (Å²) in [6.07, 6.45) is -1.86. The van der Waals surface area contributed by atoms with Crippen molar-refractivity contribution in [2.24, 2.45) is 10.8 Å². The number of nitrogens with one attached hydrogen (secondary N) is 1. The van der Waals surface area contributed by atoms with Crippen LogP contribution in [0.2, 0.25) is 0 Å². The summed E-state index contributed by atoms with van der Waals surface area (Å²) >= 11 is 0. The molecule has 2 aliphatic heterocycles. The van der Waals surface area contributed by atoms with Crippen LogP contribution in [0.15, 0.2) is 36.5 Å². The van der Waals surface area contributed by atoms with Crippen molar-refractivity contribution >= 4 is 35.7 Å². The minimum atomic E-state index is -1.25. The first-order chi connectivity index (χ1) is 17.0. The largest absolute Gasteiger partial charge is 0.460 e. The van der Waals surface area contributed by atoms with Gasteiger partial charge >= 0.3 is 12.1 Å². The topological polar surface area (TPSA) is 139 Å². The van der Waals surface area contributed by atoms with Gasteiger partial charge in [-0.1, -0.05) is 47.4 Å². The summed E-state index contributed by atoms with van der Waals surface area (Å²) in [4.78, 5) is 77.5. The minimum Gasteiger partial charge on any atom is -0.460 e. The molecule has 2 aliphatic rings. The molecule has 11 heteroatoms. The van der Waals surface area contributed by atoms with Gasteiger partial charge in [-0.2, -0.15) is 0 Å². The van der Waals surface area contributed by atoms with E-state index in [1.165, 1.54) is 6.92 Å². The lowest BCUT2D eigenvalue weighted by Gasteiger charge is -2.40. The van der Waals surface area contributed by atoms with Gasteiger partial charge in [0.2, 0.25) is 11.8 Å². The Bertz CT molecular complexity index is 1010. The van der Waals surface area contributed by atoms with Gasteiger partial charge in [0.1, 0.15) is 12.7 Å². The van der Waals surface area contributed by atoms with Gasteiger partial charge in [0.15, 0.2) is 0 Å². The predicted molar refractivity (Wildman–Crippen MR) is 133 cm³/mol. The average Bonchev–Trinajstić information content (AvgIpc) is 2.79. The molecule has 0 aliphatic carbocycles. The molecule has 0 aromatic heterocycles. The van der Waals surface area contributed by atoms with Gasteiger partial charge < -0.3 is 14.8 Å². The molecule has 0 aromatic rings. The van der Waals surface area contributed by atoms with E-state index in [9.17, 15) is 28.8 Å². The smallest absolute Gasteiger partial charge is 0.407 e. The zero-order valence-electron chi connectivity index (χ0n) is 22.1. The molecule has 1 N–H and O–H groups in total. The molecule has 2 rings (SSSR count). The van der Waals surface area contributed by atoms with Gasteiger partial charge in [0, 0.05) is 27.5 Å². The summed E-state index contributed by atoms with van der Waals surface area (Å²) in [5.74, 6) is -2.85. The summed E-state index contributed by atoms with van der Waals surface area (Å²) in [5.41, 5.74) is -1.21. The Morgan fingerprint density at radius 3 is 1.76 bits per heavy atom. The van der Waals surface area contributed by atoms with Gasteiger partial charge in [-0.25, -0.2) is 9.59 Å². The fourth-order valence-corrected chi connectivity index (χ4v) is 4.15. The highest BCUT2D eigenvalue weighted by Crippen LogP contribution is 2.35. The molecule has 202 valence electrons. The lowest BCUT2D eigenvalue weighted by atomic mass is 9.80. The number of likely N-dealkylation sites (tertiary alicyclic amines) is 2. The molecule has 2 heterocycles. The second-order valence-electron chi connectivity index (χ2n) is 10.6. The molecule has 0 atom stereocenters. The fourth-order valence-electron chi connectivity index (χ4n) is 4.15. The molecule has 0 aromatic carbocycles. The third-order valence-electron chi connectivity index (χ3n) is 6.05. The molecule has 2 fully saturated rings. The average molecular weight is 518 g/mol. The lowest BCUT2D eigenvalue weighted by Crippen LogP contribution is -2.57. The van der Waals surface area contributed by atoms with Crippen molar-refractivity contribution in [1.82, 2.24) is 15.1 Å². The van der Waals surface area contributed by atoms with Crippen LogP contribution in [0.3, 0.4) is 0 Å².